The zero-order valence-electron chi connectivity index (χ0n) is 17.2. The van der Waals surface area contributed by atoms with Gasteiger partial charge in [0.15, 0.2) is 0 Å². The van der Waals surface area contributed by atoms with Crippen LogP contribution in [0.5, 0.6) is 0 Å². The van der Waals surface area contributed by atoms with Gasteiger partial charge in [0.1, 0.15) is 0 Å². The number of sulfonamides is 1. The molecule has 10 heteroatoms. The van der Waals surface area contributed by atoms with Crippen LogP contribution in [0, 0.1) is 6.92 Å². The first-order chi connectivity index (χ1) is 14.7. The van der Waals surface area contributed by atoms with Crippen LogP contribution in [0.15, 0.2) is 58.8 Å². The van der Waals surface area contributed by atoms with Gasteiger partial charge < -0.3 is 10.6 Å². The third-order valence-corrected chi connectivity index (χ3v) is 6.93. The molecule has 0 saturated carbocycles. The van der Waals surface area contributed by atoms with Crippen LogP contribution in [-0.4, -0.2) is 50.2 Å². The summed E-state index contributed by atoms with van der Waals surface area (Å²) in [4.78, 5) is 29.1. The van der Waals surface area contributed by atoms with Crippen molar-refractivity contribution in [2.45, 2.75) is 11.8 Å². The highest BCUT2D eigenvalue weighted by molar-refractivity contribution is 7.89. The number of carbonyl (C=O) groups is 2. The van der Waals surface area contributed by atoms with E-state index in [4.69, 9.17) is 0 Å². The van der Waals surface area contributed by atoms with Crippen LogP contribution in [0.4, 0.5) is 5.69 Å². The van der Waals surface area contributed by atoms with Crippen molar-refractivity contribution < 1.29 is 18.0 Å². The molecule has 0 radical (unpaired) electrons. The standard InChI is InChI=1S/C21H22N4O4S2/c1-14-23-19(13-30-14)15-6-4-8-17(10-15)24-20(26)12-22-21(27)16-7-5-9-18(11-16)31(28,29)25(2)3/h4-11,13H,12H2,1-3H3,(H,22,27)(H,24,26). The molecule has 162 valence electrons. The number of nitrogens with one attached hydrogen (secondary N) is 2. The highest BCUT2D eigenvalue weighted by atomic mass is 32.2. The number of benzene rings is 2. The molecule has 0 fully saturated rings. The molecule has 0 saturated heterocycles. The van der Waals surface area contributed by atoms with Crippen molar-refractivity contribution in [2.75, 3.05) is 26.0 Å². The summed E-state index contributed by atoms with van der Waals surface area (Å²) in [5.74, 6) is -0.949. The number of amides is 2. The van der Waals surface area contributed by atoms with Crippen LogP contribution in [0.2, 0.25) is 0 Å². The fourth-order valence-corrected chi connectivity index (χ4v) is 4.30. The van der Waals surface area contributed by atoms with E-state index in [-0.39, 0.29) is 17.0 Å². The molecule has 0 aliphatic heterocycles. The van der Waals surface area contributed by atoms with E-state index in [1.54, 1.807) is 17.4 Å². The summed E-state index contributed by atoms with van der Waals surface area (Å²) < 4.78 is 25.5. The fourth-order valence-electron chi connectivity index (χ4n) is 2.73. The van der Waals surface area contributed by atoms with Crippen molar-refractivity contribution in [3.8, 4) is 11.3 Å². The molecule has 0 spiro atoms. The highest BCUT2D eigenvalue weighted by Gasteiger charge is 2.19. The largest absolute Gasteiger partial charge is 0.343 e. The summed E-state index contributed by atoms with van der Waals surface area (Å²) >= 11 is 1.55. The van der Waals surface area contributed by atoms with E-state index >= 15 is 0 Å². The average Bonchev–Trinajstić information content (AvgIpc) is 3.18. The Bertz CT molecular complexity index is 1220. The minimum absolute atomic E-state index is 0.00342. The topological polar surface area (TPSA) is 108 Å². The SMILES string of the molecule is Cc1nc(-c2cccc(NC(=O)CNC(=O)c3cccc(S(=O)(=O)N(C)C)c3)c2)cs1. The number of aryl methyl sites for hydroxylation is 1. The van der Waals surface area contributed by atoms with E-state index in [9.17, 15) is 18.0 Å². The van der Waals surface area contributed by atoms with E-state index in [0.717, 1.165) is 20.6 Å². The number of thiazole rings is 1. The summed E-state index contributed by atoms with van der Waals surface area (Å²) in [5.41, 5.74) is 2.45. The first-order valence-electron chi connectivity index (χ1n) is 9.30. The minimum atomic E-state index is -3.66. The zero-order valence-corrected chi connectivity index (χ0v) is 18.9. The van der Waals surface area contributed by atoms with Crippen molar-refractivity contribution in [1.82, 2.24) is 14.6 Å². The Balaban J connectivity index is 1.62. The lowest BCUT2D eigenvalue weighted by molar-refractivity contribution is -0.115. The van der Waals surface area contributed by atoms with Crippen molar-refractivity contribution in [1.29, 1.82) is 0 Å². The molecule has 2 amide bonds. The maximum Gasteiger partial charge on any atom is 0.251 e. The summed E-state index contributed by atoms with van der Waals surface area (Å²) in [6.45, 7) is 1.66. The molecule has 3 aromatic rings. The minimum Gasteiger partial charge on any atom is -0.343 e. The number of nitrogens with zero attached hydrogens (tertiary/aromatic N) is 2. The quantitative estimate of drug-likeness (QED) is 0.566. The predicted octanol–water partition coefficient (Wildman–Crippen LogP) is 2.74. The molecule has 0 unspecified atom stereocenters. The summed E-state index contributed by atoms with van der Waals surface area (Å²) in [7, 11) is -0.833. The normalized spacial score (nSPS) is 11.4. The predicted molar refractivity (Wildman–Crippen MR) is 121 cm³/mol. The lowest BCUT2D eigenvalue weighted by Crippen LogP contribution is -2.33. The van der Waals surface area contributed by atoms with Crippen LogP contribution in [0.1, 0.15) is 15.4 Å². The Morgan fingerprint density at radius 3 is 2.52 bits per heavy atom. The molecule has 8 nitrogen and oxygen atoms in total. The second kappa shape index (κ2) is 9.38. The molecule has 31 heavy (non-hydrogen) atoms. The number of carbonyl (C=O) groups excluding carboxylic acids is 2. The second-order valence-electron chi connectivity index (χ2n) is 6.88. The molecular weight excluding hydrogens is 436 g/mol. The van der Waals surface area contributed by atoms with E-state index < -0.39 is 21.8 Å². The van der Waals surface area contributed by atoms with E-state index in [0.29, 0.717) is 5.69 Å². The third kappa shape index (κ3) is 5.54. The Hall–Kier alpha value is -3.08. The molecule has 2 aromatic carbocycles. The van der Waals surface area contributed by atoms with Crippen LogP contribution < -0.4 is 10.6 Å². The molecule has 0 aliphatic carbocycles. The number of anilines is 1. The van der Waals surface area contributed by atoms with Crippen molar-refractivity contribution in [2.24, 2.45) is 0 Å². The lowest BCUT2D eigenvalue weighted by Gasteiger charge is -2.12. The monoisotopic (exact) mass is 458 g/mol. The second-order valence-corrected chi connectivity index (χ2v) is 10.1. The van der Waals surface area contributed by atoms with E-state index in [2.05, 4.69) is 15.6 Å². The van der Waals surface area contributed by atoms with Gasteiger partial charge >= 0.3 is 0 Å². The molecule has 2 N–H and O–H groups in total. The van der Waals surface area contributed by atoms with Crippen molar-refractivity contribution >= 4 is 38.9 Å². The fraction of sp³-hybridized carbons (Fsp3) is 0.190. The molecule has 0 atom stereocenters. The maximum absolute atomic E-state index is 12.4. The van der Waals surface area contributed by atoms with Gasteiger partial charge in [-0.1, -0.05) is 18.2 Å². The van der Waals surface area contributed by atoms with Gasteiger partial charge in [-0.05, 0) is 37.3 Å². The zero-order chi connectivity index (χ0) is 22.6. The molecule has 0 bridgehead atoms. The summed E-state index contributed by atoms with van der Waals surface area (Å²) in [6, 6.07) is 12.9. The molecule has 1 heterocycles. The van der Waals surface area contributed by atoms with Gasteiger partial charge in [0.05, 0.1) is 22.1 Å². The smallest absolute Gasteiger partial charge is 0.251 e. The van der Waals surface area contributed by atoms with Gasteiger partial charge in [0.25, 0.3) is 5.91 Å². The number of hydrogen-bond acceptors (Lipinski definition) is 6. The van der Waals surface area contributed by atoms with Crippen molar-refractivity contribution in [3.63, 3.8) is 0 Å². The Morgan fingerprint density at radius 2 is 1.84 bits per heavy atom. The lowest BCUT2D eigenvalue weighted by atomic mass is 10.1. The van der Waals surface area contributed by atoms with Crippen molar-refractivity contribution in [3.05, 3.63) is 64.5 Å². The number of aromatic nitrogens is 1. The maximum atomic E-state index is 12.4. The first kappa shape index (κ1) is 22.6. The highest BCUT2D eigenvalue weighted by Crippen LogP contribution is 2.24. The number of rotatable bonds is 7. The Morgan fingerprint density at radius 1 is 1.10 bits per heavy atom. The number of hydrogen-bond donors (Lipinski definition) is 2. The first-order valence-corrected chi connectivity index (χ1v) is 11.6. The van der Waals surface area contributed by atoms with Gasteiger partial charge in [-0.3, -0.25) is 9.59 Å². The van der Waals surface area contributed by atoms with Gasteiger partial charge in [0, 0.05) is 36.3 Å². The molecule has 0 aliphatic rings. The van der Waals surface area contributed by atoms with Gasteiger partial charge in [-0.2, -0.15) is 0 Å². The molecule has 3 rings (SSSR count). The van der Waals surface area contributed by atoms with E-state index in [1.165, 1.54) is 38.4 Å². The Labute approximate surface area is 185 Å². The summed E-state index contributed by atoms with van der Waals surface area (Å²) in [5, 5.41) is 8.14. The van der Waals surface area contributed by atoms with Crippen LogP contribution in [-0.2, 0) is 14.8 Å². The van der Waals surface area contributed by atoms with Gasteiger partial charge in [-0.15, -0.1) is 11.3 Å². The van der Waals surface area contributed by atoms with Gasteiger partial charge in [0.2, 0.25) is 15.9 Å². The molecule has 1 aromatic heterocycles. The third-order valence-electron chi connectivity index (χ3n) is 4.35. The summed E-state index contributed by atoms with van der Waals surface area (Å²) in [6.07, 6.45) is 0. The van der Waals surface area contributed by atoms with Crippen LogP contribution >= 0.6 is 11.3 Å². The van der Waals surface area contributed by atoms with Crippen LogP contribution in [0.3, 0.4) is 0 Å². The average molecular weight is 459 g/mol. The van der Waals surface area contributed by atoms with Crippen LogP contribution in [0.25, 0.3) is 11.3 Å². The Kier molecular flexibility index (Phi) is 6.84. The molecular formula is C21H22N4O4S2. The van der Waals surface area contributed by atoms with E-state index in [1.807, 2.05) is 30.5 Å². The van der Waals surface area contributed by atoms with Gasteiger partial charge in [-0.25, -0.2) is 17.7 Å².